The average Bonchev–Trinajstić information content (AvgIpc) is 2.24. The summed E-state index contributed by atoms with van der Waals surface area (Å²) >= 11 is 0. The van der Waals surface area contributed by atoms with Crippen molar-refractivity contribution in [3.63, 3.8) is 0 Å². The normalized spacial score (nSPS) is 12.1. The third-order valence-electron chi connectivity index (χ3n) is 2.64. The van der Waals surface area contributed by atoms with Gasteiger partial charge in [0.15, 0.2) is 0 Å². The van der Waals surface area contributed by atoms with Crippen molar-refractivity contribution >= 4 is 0 Å². The molecule has 0 aliphatic heterocycles. The van der Waals surface area contributed by atoms with Gasteiger partial charge in [0.25, 0.3) is 6.43 Å². The highest BCUT2D eigenvalue weighted by Gasteiger charge is 2.16. The molecule has 100 valence electrons. The summed E-state index contributed by atoms with van der Waals surface area (Å²) in [5, 5.41) is 17.6. The van der Waals surface area contributed by atoms with Crippen LogP contribution in [0.4, 0.5) is 8.78 Å². The molecule has 0 fully saturated rings. The molecule has 0 aromatic carbocycles. The van der Waals surface area contributed by atoms with Crippen molar-refractivity contribution < 1.29 is 13.9 Å². The maximum Gasteiger partial charge on any atom is 0.251 e. The van der Waals surface area contributed by atoms with E-state index in [9.17, 15) is 8.78 Å². The highest BCUT2D eigenvalue weighted by Crippen LogP contribution is 2.21. The van der Waals surface area contributed by atoms with E-state index in [1.807, 2.05) is 13.8 Å². The molecular weight excluding hydrogens is 226 g/mol. The molecule has 0 rings (SSSR count). The van der Waals surface area contributed by atoms with Gasteiger partial charge in [0.2, 0.25) is 0 Å². The predicted octanol–water partition coefficient (Wildman–Crippen LogP) is 2.27. The molecule has 0 bridgehead atoms. The molecule has 0 aliphatic rings. The molecule has 0 atom stereocenters. The Bertz CT molecular complexity index is 239. The van der Waals surface area contributed by atoms with Crippen LogP contribution in [0, 0.1) is 16.7 Å². The van der Waals surface area contributed by atoms with Crippen molar-refractivity contribution in [2.24, 2.45) is 5.41 Å². The molecule has 0 aliphatic carbocycles. The van der Waals surface area contributed by atoms with Crippen LogP contribution in [0.3, 0.4) is 0 Å². The van der Waals surface area contributed by atoms with Crippen LogP contribution in [0.15, 0.2) is 0 Å². The van der Waals surface area contributed by atoms with Crippen LogP contribution in [0.5, 0.6) is 0 Å². The van der Waals surface area contributed by atoms with Gasteiger partial charge in [0, 0.05) is 6.54 Å². The van der Waals surface area contributed by atoms with E-state index in [2.05, 4.69) is 6.07 Å². The summed E-state index contributed by atoms with van der Waals surface area (Å²) in [5.74, 6) is 0. The minimum Gasteiger partial charge on any atom is -0.395 e. The standard InChI is InChI=1S/C12H22F2N2O/c1-12(2,10-15)5-3-4-6-16(7-8-17)9-11(13)14/h11,17H,3-9H2,1-2H3. The molecule has 17 heavy (non-hydrogen) atoms. The summed E-state index contributed by atoms with van der Waals surface area (Å²) in [6, 6.07) is 2.21. The van der Waals surface area contributed by atoms with Crippen molar-refractivity contribution in [2.45, 2.75) is 39.5 Å². The van der Waals surface area contributed by atoms with Gasteiger partial charge in [-0.2, -0.15) is 5.26 Å². The number of rotatable bonds is 9. The van der Waals surface area contributed by atoms with Crippen LogP contribution in [-0.4, -0.2) is 42.7 Å². The van der Waals surface area contributed by atoms with Crippen LogP contribution in [-0.2, 0) is 0 Å². The first-order valence-electron chi connectivity index (χ1n) is 5.94. The van der Waals surface area contributed by atoms with Crippen LogP contribution >= 0.6 is 0 Å². The van der Waals surface area contributed by atoms with Crippen LogP contribution < -0.4 is 0 Å². The van der Waals surface area contributed by atoms with Gasteiger partial charge in [-0.25, -0.2) is 8.78 Å². The minimum absolute atomic E-state index is 0.101. The lowest BCUT2D eigenvalue weighted by Crippen LogP contribution is -2.32. The Morgan fingerprint density at radius 2 is 1.94 bits per heavy atom. The van der Waals surface area contributed by atoms with E-state index in [0.717, 1.165) is 19.3 Å². The zero-order valence-corrected chi connectivity index (χ0v) is 10.6. The first-order chi connectivity index (χ1) is 7.91. The molecule has 0 heterocycles. The molecular formula is C12H22F2N2O. The molecule has 5 heteroatoms. The average molecular weight is 248 g/mol. The van der Waals surface area contributed by atoms with E-state index in [1.54, 1.807) is 4.90 Å². The van der Waals surface area contributed by atoms with Gasteiger partial charge in [-0.05, 0) is 33.2 Å². The summed E-state index contributed by atoms with van der Waals surface area (Å²) in [6.07, 6.45) is 0.0198. The van der Waals surface area contributed by atoms with Gasteiger partial charge in [-0.1, -0.05) is 6.42 Å². The number of nitriles is 1. The number of unbranched alkanes of at least 4 members (excludes halogenated alkanes) is 1. The fourth-order valence-corrected chi connectivity index (χ4v) is 1.59. The molecule has 0 aromatic heterocycles. The number of hydrogen-bond acceptors (Lipinski definition) is 3. The second-order valence-electron chi connectivity index (χ2n) is 4.87. The predicted molar refractivity (Wildman–Crippen MR) is 62.8 cm³/mol. The topological polar surface area (TPSA) is 47.3 Å². The summed E-state index contributed by atoms with van der Waals surface area (Å²) < 4.78 is 24.4. The molecule has 0 aromatic rings. The minimum atomic E-state index is -2.36. The Labute approximate surface area is 102 Å². The van der Waals surface area contributed by atoms with E-state index in [4.69, 9.17) is 10.4 Å². The number of aliphatic hydroxyl groups is 1. The molecule has 3 nitrogen and oxygen atoms in total. The van der Waals surface area contributed by atoms with Gasteiger partial charge in [0.1, 0.15) is 0 Å². The smallest absolute Gasteiger partial charge is 0.251 e. The second kappa shape index (κ2) is 8.37. The maximum atomic E-state index is 12.2. The van der Waals surface area contributed by atoms with E-state index >= 15 is 0 Å². The first kappa shape index (κ1) is 16.3. The maximum absolute atomic E-state index is 12.2. The number of halogens is 2. The second-order valence-corrected chi connectivity index (χ2v) is 4.87. The number of aliphatic hydroxyl groups excluding tert-OH is 1. The van der Waals surface area contributed by atoms with Gasteiger partial charge in [-0.3, -0.25) is 4.90 Å². The molecule has 0 spiro atoms. The van der Waals surface area contributed by atoms with E-state index in [1.165, 1.54) is 0 Å². The fraction of sp³-hybridized carbons (Fsp3) is 0.917. The lowest BCUT2D eigenvalue weighted by molar-refractivity contribution is 0.0771. The van der Waals surface area contributed by atoms with Gasteiger partial charge in [0.05, 0.1) is 24.6 Å². The van der Waals surface area contributed by atoms with Crippen LogP contribution in [0.2, 0.25) is 0 Å². The van der Waals surface area contributed by atoms with Crippen LogP contribution in [0.1, 0.15) is 33.1 Å². The van der Waals surface area contributed by atoms with E-state index in [-0.39, 0.29) is 25.1 Å². The summed E-state index contributed by atoms with van der Waals surface area (Å²) in [7, 11) is 0. The Kier molecular flexibility index (Phi) is 8.01. The molecule has 1 N–H and O–H groups in total. The zero-order valence-electron chi connectivity index (χ0n) is 10.6. The van der Waals surface area contributed by atoms with Crippen LogP contribution in [0.25, 0.3) is 0 Å². The van der Waals surface area contributed by atoms with Crippen molar-refractivity contribution in [3.8, 4) is 6.07 Å². The molecule has 0 radical (unpaired) electrons. The Morgan fingerprint density at radius 3 is 2.41 bits per heavy atom. The summed E-state index contributed by atoms with van der Waals surface area (Å²) in [6.45, 7) is 4.19. The zero-order chi connectivity index (χ0) is 13.3. The summed E-state index contributed by atoms with van der Waals surface area (Å²) in [4.78, 5) is 1.56. The molecule has 0 saturated heterocycles. The van der Waals surface area contributed by atoms with Crippen molar-refractivity contribution in [1.29, 1.82) is 5.26 Å². The Balaban J connectivity index is 3.79. The quantitative estimate of drug-likeness (QED) is 0.637. The molecule has 0 saturated carbocycles. The number of alkyl halides is 2. The van der Waals surface area contributed by atoms with Crippen molar-refractivity contribution in [2.75, 3.05) is 26.2 Å². The lowest BCUT2D eigenvalue weighted by atomic mass is 9.89. The summed E-state index contributed by atoms with van der Waals surface area (Å²) in [5.41, 5.74) is -0.343. The van der Waals surface area contributed by atoms with Crippen molar-refractivity contribution in [3.05, 3.63) is 0 Å². The highest BCUT2D eigenvalue weighted by molar-refractivity contribution is 4.91. The monoisotopic (exact) mass is 248 g/mol. The number of nitrogens with zero attached hydrogens (tertiary/aromatic N) is 2. The first-order valence-corrected chi connectivity index (χ1v) is 5.94. The largest absolute Gasteiger partial charge is 0.395 e. The third-order valence-corrected chi connectivity index (χ3v) is 2.64. The third kappa shape index (κ3) is 9.02. The lowest BCUT2D eigenvalue weighted by Gasteiger charge is -2.21. The molecule has 0 unspecified atom stereocenters. The number of hydrogen-bond donors (Lipinski definition) is 1. The Morgan fingerprint density at radius 1 is 1.29 bits per heavy atom. The Hall–Kier alpha value is -0.730. The SMILES string of the molecule is CC(C)(C#N)CCCCN(CCO)CC(F)F. The fourth-order valence-electron chi connectivity index (χ4n) is 1.59. The van der Waals surface area contributed by atoms with E-state index < -0.39 is 6.43 Å². The van der Waals surface area contributed by atoms with Gasteiger partial charge >= 0.3 is 0 Å². The molecule has 0 amide bonds. The van der Waals surface area contributed by atoms with E-state index in [0.29, 0.717) is 6.54 Å². The van der Waals surface area contributed by atoms with Gasteiger partial charge < -0.3 is 5.11 Å². The highest BCUT2D eigenvalue weighted by atomic mass is 19.3. The van der Waals surface area contributed by atoms with Crippen molar-refractivity contribution in [1.82, 2.24) is 4.90 Å². The van der Waals surface area contributed by atoms with Gasteiger partial charge in [-0.15, -0.1) is 0 Å².